The third kappa shape index (κ3) is 3.25. The highest BCUT2D eigenvalue weighted by molar-refractivity contribution is 4.80. The molecule has 2 rings (SSSR count). The first-order chi connectivity index (χ1) is 6.86. The summed E-state index contributed by atoms with van der Waals surface area (Å²) in [6.07, 6.45) is 8.54. The number of aliphatic hydroxyl groups excluding tert-OH is 1. The van der Waals surface area contributed by atoms with Crippen molar-refractivity contribution in [3.8, 4) is 0 Å². The summed E-state index contributed by atoms with van der Waals surface area (Å²) in [5.41, 5.74) is 0. The lowest BCUT2D eigenvalue weighted by atomic mass is 9.93. The molecule has 2 heteroatoms. The topological polar surface area (TPSA) is 29.5 Å². The molecule has 1 heterocycles. The van der Waals surface area contributed by atoms with E-state index in [1.54, 1.807) is 0 Å². The molecule has 0 aromatic carbocycles. The smallest absolute Gasteiger partial charge is 0.0568 e. The Morgan fingerprint density at radius 1 is 1.14 bits per heavy atom. The summed E-state index contributed by atoms with van der Waals surface area (Å²) >= 11 is 0. The van der Waals surface area contributed by atoms with E-state index >= 15 is 0 Å². The van der Waals surface area contributed by atoms with Gasteiger partial charge >= 0.3 is 0 Å². The molecule has 1 saturated carbocycles. The van der Waals surface area contributed by atoms with Crippen LogP contribution in [-0.2, 0) is 4.74 Å². The fourth-order valence-corrected chi connectivity index (χ4v) is 2.37. The van der Waals surface area contributed by atoms with Gasteiger partial charge in [-0.1, -0.05) is 12.8 Å². The Morgan fingerprint density at radius 2 is 1.86 bits per heavy atom. The Bertz CT molecular complexity index is 160. The summed E-state index contributed by atoms with van der Waals surface area (Å²) in [6, 6.07) is 0. The second-order valence-corrected chi connectivity index (χ2v) is 4.89. The maximum atomic E-state index is 9.69. The quantitative estimate of drug-likeness (QED) is 0.735. The number of ether oxygens (including phenoxy) is 1. The first kappa shape index (κ1) is 10.4. The van der Waals surface area contributed by atoms with Crippen molar-refractivity contribution in [2.24, 2.45) is 11.8 Å². The summed E-state index contributed by atoms with van der Waals surface area (Å²) in [5, 5.41) is 9.69. The fourth-order valence-electron chi connectivity index (χ4n) is 2.37. The molecule has 0 aromatic rings. The monoisotopic (exact) mass is 198 g/mol. The average Bonchev–Trinajstić information content (AvgIpc) is 3.02. The predicted octanol–water partition coefficient (Wildman–Crippen LogP) is 2.35. The molecule has 0 bridgehead atoms. The predicted molar refractivity (Wildman–Crippen MR) is 56.1 cm³/mol. The van der Waals surface area contributed by atoms with Crippen molar-refractivity contribution in [2.75, 3.05) is 13.2 Å². The minimum atomic E-state index is 0.00911. The van der Waals surface area contributed by atoms with Gasteiger partial charge in [-0.2, -0.15) is 0 Å². The zero-order chi connectivity index (χ0) is 9.80. The fraction of sp³-hybridized carbons (Fsp3) is 1.00. The Kier molecular flexibility index (Phi) is 3.82. The van der Waals surface area contributed by atoms with Crippen molar-refractivity contribution in [2.45, 2.75) is 51.0 Å². The Hall–Kier alpha value is -0.0800. The zero-order valence-corrected chi connectivity index (χ0v) is 8.95. The molecular weight excluding hydrogens is 176 g/mol. The highest BCUT2D eigenvalue weighted by Gasteiger charge is 2.29. The van der Waals surface area contributed by atoms with Crippen molar-refractivity contribution >= 4 is 0 Å². The van der Waals surface area contributed by atoms with Crippen LogP contribution in [0.25, 0.3) is 0 Å². The summed E-state index contributed by atoms with van der Waals surface area (Å²) in [4.78, 5) is 0. The van der Waals surface area contributed by atoms with Crippen molar-refractivity contribution in [1.29, 1.82) is 0 Å². The van der Waals surface area contributed by atoms with E-state index in [4.69, 9.17) is 4.74 Å². The highest BCUT2D eigenvalue weighted by atomic mass is 16.5. The van der Waals surface area contributed by atoms with Gasteiger partial charge in [-0.25, -0.2) is 0 Å². The van der Waals surface area contributed by atoms with Gasteiger partial charge in [-0.3, -0.25) is 0 Å². The molecule has 1 saturated heterocycles. The lowest BCUT2D eigenvalue weighted by Gasteiger charge is -2.22. The van der Waals surface area contributed by atoms with Crippen LogP contribution >= 0.6 is 0 Å². The lowest BCUT2D eigenvalue weighted by molar-refractivity contribution is 0.0608. The SMILES string of the molecule is OC(CCCC1CCOCC1)C1CC1. The first-order valence-corrected chi connectivity index (χ1v) is 6.12. The standard InChI is InChI=1S/C12H22O2/c13-12(11-4-5-11)3-1-2-10-6-8-14-9-7-10/h10-13H,1-9H2. The van der Waals surface area contributed by atoms with Crippen molar-refractivity contribution in [3.05, 3.63) is 0 Å². The number of aliphatic hydroxyl groups is 1. The Labute approximate surface area is 86.6 Å². The third-order valence-electron chi connectivity index (χ3n) is 3.62. The van der Waals surface area contributed by atoms with Crippen LogP contribution in [0.3, 0.4) is 0 Å². The Morgan fingerprint density at radius 3 is 2.50 bits per heavy atom. The molecule has 1 aliphatic carbocycles. The molecule has 0 radical (unpaired) electrons. The molecular formula is C12H22O2. The molecule has 82 valence electrons. The summed E-state index contributed by atoms with van der Waals surface area (Å²) in [5.74, 6) is 1.53. The largest absolute Gasteiger partial charge is 0.393 e. The summed E-state index contributed by atoms with van der Waals surface area (Å²) in [6.45, 7) is 1.91. The molecule has 1 aliphatic heterocycles. The molecule has 14 heavy (non-hydrogen) atoms. The van der Waals surface area contributed by atoms with E-state index < -0.39 is 0 Å². The normalized spacial score (nSPS) is 26.4. The van der Waals surface area contributed by atoms with Crippen LogP contribution in [0.2, 0.25) is 0 Å². The minimum Gasteiger partial charge on any atom is -0.393 e. The van der Waals surface area contributed by atoms with Crippen molar-refractivity contribution < 1.29 is 9.84 Å². The Balaban J connectivity index is 1.52. The highest BCUT2D eigenvalue weighted by Crippen LogP contribution is 2.35. The molecule has 1 atom stereocenters. The molecule has 1 N–H and O–H groups in total. The minimum absolute atomic E-state index is 0.00911. The van der Waals surface area contributed by atoms with Crippen LogP contribution in [0.15, 0.2) is 0 Å². The average molecular weight is 198 g/mol. The lowest BCUT2D eigenvalue weighted by Crippen LogP contribution is -2.16. The van der Waals surface area contributed by atoms with E-state index in [1.165, 1.54) is 38.5 Å². The van der Waals surface area contributed by atoms with Gasteiger partial charge < -0.3 is 9.84 Å². The van der Waals surface area contributed by atoms with E-state index in [2.05, 4.69) is 0 Å². The van der Waals surface area contributed by atoms with Gasteiger partial charge in [0.1, 0.15) is 0 Å². The van der Waals surface area contributed by atoms with Crippen LogP contribution in [0.4, 0.5) is 0 Å². The second kappa shape index (κ2) is 5.13. The van der Waals surface area contributed by atoms with Gasteiger partial charge in [0, 0.05) is 13.2 Å². The van der Waals surface area contributed by atoms with Crippen LogP contribution < -0.4 is 0 Å². The van der Waals surface area contributed by atoms with Crippen molar-refractivity contribution in [1.82, 2.24) is 0 Å². The summed E-state index contributed by atoms with van der Waals surface area (Å²) < 4.78 is 5.33. The van der Waals surface area contributed by atoms with E-state index in [-0.39, 0.29) is 6.10 Å². The van der Waals surface area contributed by atoms with E-state index in [0.29, 0.717) is 5.92 Å². The second-order valence-electron chi connectivity index (χ2n) is 4.89. The van der Waals surface area contributed by atoms with Gasteiger partial charge in [-0.15, -0.1) is 0 Å². The van der Waals surface area contributed by atoms with Gasteiger partial charge in [0.05, 0.1) is 6.10 Å². The van der Waals surface area contributed by atoms with Gasteiger partial charge in [0.15, 0.2) is 0 Å². The zero-order valence-electron chi connectivity index (χ0n) is 8.95. The molecule has 1 unspecified atom stereocenters. The van der Waals surface area contributed by atoms with Crippen molar-refractivity contribution in [3.63, 3.8) is 0 Å². The van der Waals surface area contributed by atoms with E-state index in [9.17, 15) is 5.11 Å². The third-order valence-corrected chi connectivity index (χ3v) is 3.62. The number of hydrogen-bond acceptors (Lipinski definition) is 2. The van der Waals surface area contributed by atoms with Crippen LogP contribution in [0, 0.1) is 11.8 Å². The van der Waals surface area contributed by atoms with Gasteiger partial charge in [0.25, 0.3) is 0 Å². The number of rotatable bonds is 5. The molecule has 2 aliphatic rings. The first-order valence-electron chi connectivity index (χ1n) is 6.12. The van der Waals surface area contributed by atoms with Gasteiger partial charge in [-0.05, 0) is 43.9 Å². The van der Waals surface area contributed by atoms with Crippen LogP contribution in [0.1, 0.15) is 44.9 Å². The van der Waals surface area contributed by atoms with Gasteiger partial charge in [0.2, 0.25) is 0 Å². The number of hydrogen-bond donors (Lipinski definition) is 1. The summed E-state index contributed by atoms with van der Waals surface area (Å²) in [7, 11) is 0. The maximum absolute atomic E-state index is 9.69. The molecule has 0 spiro atoms. The molecule has 0 amide bonds. The van der Waals surface area contributed by atoms with E-state index in [0.717, 1.165) is 25.6 Å². The van der Waals surface area contributed by atoms with Crippen LogP contribution in [0.5, 0.6) is 0 Å². The molecule has 2 fully saturated rings. The molecule has 0 aromatic heterocycles. The molecule has 2 nitrogen and oxygen atoms in total. The van der Waals surface area contributed by atoms with Crippen LogP contribution in [-0.4, -0.2) is 24.4 Å². The maximum Gasteiger partial charge on any atom is 0.0568 e. The van der Waals surface area contributed by atoms with E-state index in [1.807, 2.05) is 0 Å².